The van der Waals surface area contributed by atoms with Crippen molar-refractivity contribution >= 4 is 52.3 Å². The van der Waals surface area contributed by atoms with Crippen LogP contribution >= 0.6 is 24.0 Å². The summed E-state index contributed by atoms with van der Waals surface area (Å²) in [6.07, 6.45) is 0. The summed E-state index contributed by atoms with van der Waals surface area (Å²) in [7, 11) is 1.57. The Morgan fingerprint density at radius 3 is 2.14 bits per heavy atom. The summed E-state index contributed by atoms with van der Waals surface area (Å²) in [6, 6.07) is 12.6. The third-order valence-corrected chi connectivity index (χ3v) is 4.39. The summed E-state index contributed by atoms with van der Waals surface area (Å²) in [4.78, 5) is 23.7. The summed E-state index contributed by atoms with van der Waals surface area (Å²) in [6.45, 7) is 0. The average Bonchev–Trinajstić information content (AvgIpc) is 2.69. The van der Waals surface area contributed by atoms with Crippen LogP contribution in [0.25, 0.3) is 0 Å². The number of anilines is 2. The second-order valence-electron chi connectivity index (χ2n) is 5.40. The molecule has 2 rings (SSSR count). The fourth-order valence-corrected chi connectivity index (χ4v) is 2.75. The number of hydrogen-bond donors (Lipinski definition) is 4. The molecule has 28 heavy (non-hydrogen) atoms. The van der Waals surface area contributed by atoms with E-state index in [9.17, 15) is 14.0 Å². The Balaban J connectivity index is 1.61. The number of nitrogens with one attached hydrogen (secondary N) is 4. The van der Waals surface area contributed by atoms with Crippen LogP contribution in [0, 0.1) is 5.82 Å². The standard InChI is InChI=1S/C18H19FN4O3S2/c1-26-15-8-6-13(7-9-15)20-16(24)10-28-11-17(25)22-23-18(27)21-14-4-2-12(19)3-5-14/h2-9H,10-11H2,1H3,(H,20,24)(H,22,25)(H2,21,23,27). The number of carbonyl (C=O) groups excluding carboxylic acids is 2. The summed E-state index contributed by atoms with van der Waals surface area (Å²) in [5.41, 5.74) is 6.18. The van der Waals surface area contributed by atoms with Crippen LogP contribution in [0.15, 0.2) is 48.5 Å². The van der Waals surface area contributed by atoms with Crippen molar-refractivity contribution in [3.05, 3.63) is 54.3 Å². The molecule has 0 aliphatic rings. The number of ether oxygens (including phenoxy) is 1. The van der Waals surface area contributed by atoms with Gasteiger partial charge in [0.1, 0.15) is 11.6 Å². The molecule has 2 amide bonds. The van der Waals surface area contributed by atoms with Crippen molar-refractivity contribution in [2.24, 2.45) is 0 Å². The van der Waals surface area contributed by atoms with Gasteiger partial charge < -0.3 is 15.4 Å². The predicted octanol–water partition coefficient (Wildman–Crippen LogP) is 2.52. The van der Waals surface area contributed by atoms with Crippen LogP contribution in [0.1, 0.15) is 0 Å². The van der Waals surface area contributed by atoms with Gasteiger partial charge in [-0.1, -0.05) is 0 Å². The summed E-state index contributed by atoms with van der Waals surface area (Å²) in [5, 5.41) is 5.68. The van der Waals surface area contributed by atoms with Gasteiger partial charge in [0.2, 0.25) is 11.8 Å². The highest BCUT2D eigenvalue weighted by atomic mass is 32.2. The third-order valence-electron chi connectivity index (χ3n) is 3.26. The zero-order chi connectivity index (χ0) is 20.4. The molecule has 2 aromatic carbocycles. The second-order valence-corrected chi connectivity index (χ2v) is 6.80. The molecule has 0 aliphatic heterocycles. The van der Waals surface area contributed by atoms with Gasteiger partial charge in [0.15, 0.2) is 5.11 Å². The topological polar surface area (TPSA) is 91.5 Å². The van der Waals surface area contributed by atoms with Crippen molar-refractivity contribution in [3.63, 3.8) is 0 Å². The lowest BCUT2D eigenvalue weighted by molar-refractivity contribution is -0.119. The number of rotatable bonds is 7. The molecule has 0 aliphatic carbocycles. The fourth-order valence-electron chi connectivity index (χ4n) is 1.97. The normalized spacial score (nSPS) is 9.93. The molecule has 0 unspecified atom stereocenters. The lowest BCUT2D eigenvalue weighted by Crippen LogP contribution is -2.44. The van der Waals surface area contributed by atoms with E-state index in [1.165, 1.54) is 24.3 Å². The van der Waals surface area contributed by atoms with Crippen molar-refractivity contribution < 1.29 is 18.7 Å². The SMILES string of the molecule is COc1ccc(NC(=O)CSCC(=O)NNC(=S)Nc2ccc(F)cc2)cc1. The first-order valence-electron chi connectivity index (χ1n) is 8.09. The van der Waals surface area contributed by atoms with Gasteiger partial charge in [-0.15, -0.1) is 11.8 Å². The molecule has 10 heteroatoms. The summed E-state index contributed by atoms with van der Waals surface area (Å²) < 4.78 is 17.9. The van der Waals surface area contributed by atoms with E-state index in [4.69, 9.17) is 17.0 Å². The zero-order valence-electron chi connectivity index (χ0n) is 15.0. The molecule has 4 N–H and O–H groups in total. The minimum atomic E-state index is -0.356. The number of hydrazine groups is 1. The van der Waals surface area contributed by atoms with E-state index in [0.717, 1.165) is 11.8 Å². The van der Waals surface area contributed by atoms with Crippen molar-refractivity contribution in [2.75, 3.05) is 29.2 Å². The minimum Gasteiger partial charge on any atom is -0.497 e. The van der Waals surface area contributed by atoms with E-state index in [-0.39, 0.29) is 34.2 Å². The Morgan fingerprint density at radius 2 is 1.50 bits per heavy atom. The first kappa shape index (κ1) is 21.5. The van der Waals surface area contributed by atoms with Crippen molar-refractivity contribution in [2.45, 2.75) is 0 Å². The van der Waals surface area contributed by atoms with E-state index in [1.54, 1.807) is 31.4 Å². The highest BCUT2D eigenvalue weighted by Crippen LogP contribution is 2.15. The van der Waals surface area contributed by atoms with E-state index in [2.05, 4.69) is 21.5 Å². The second kappa shape index (κ2) is 11.1. The Labute approximate surface area is 171 Å². The molecule has 2 aromatic rings. The van der Waals surface area contributed by atoms with Crippen molar-refractivity contribution in [3.8, 4) is 5.75 Å². The Bertz CT molecular complexity index is 817. The van der Waals surface area contributed by atoms with Crippen LogP contribution in [-0.2, 0) is 9.59 Å². The van der Waals surface area contributed by atoms with Gasteiger partial charge in [-0.05, 0) is 60.7 Å². The van der Waals surface area contributed by atoms with E-state index >= 15 is 0 Å². The predicted molar refractivity (Wildman–Crippen MR) is 113 cm³/mol. The van der Waals surface area contributed by atoms with Gasteiger partial charge in [-0.25, -0.2) is 4.39 Å². The van der Waals surface area contributed by atoms with Crippen LogP contribution in [0.2, 0.25) is 0 Å². The minimum absolute atomic E-state index is 0.0716. The Morgan fingerprint density at radius 1 is 0.929 bits per heavy atom. The number of halogens is 1. The van der Waals surface area contributed by atoms with Crippen LogP contribution in [0.4, 0.5) is 15.8 Å². The molecule has 0 radical (unpaired) electrons. The van der Waals surface area contributed by atoms with Gasteiger partial charge in [0.25, 0.3) is 0 Å². The fraction of sp³-hybridized carbons (Fsp3) is 0.167. The quantitative estimate of drug-likeness (QED) is 0.403. The molecule has 0 atom stereocenters. The van der Waals surface area contributed by atoms with Crippen LogP contribution < -0.4 is 26.2 Å². The molecular formula is C18H19FN4O3S2. The van der Waals surface area contributed by atoms with Gasteiger partial charge in [-0.3, -0.25) is 20.4 Å². The van der Waals surface area contributed by atoms with Gasteiger partial charge in [0.05, 0.1) is 18.6 Å². The molecule has 0 saturated carbocycles. The van der Waals surface area contributed by atoms with E-state index in [0.29, 0.717) is 17.1 Å². The zero-order valence-corrected chi connectivity index (χ0v) is 16.6. The Hall–Kier alpha value is -2.85. The maximum absolute atomic E-state index is 12.8. The molecule has 148 valence electrons. The van der Waals surface area contributed by atoms with E-state index in [1.807, 2.05) is 0 Å². The maximum Gasteiger partial charge on any atom is 0.248 e. The van der Waals surface area contributed by atoms with Crippen LogP contribution in [-0.4, -0.2) is 35.5 Å². The number of thioether (sulfide) groups is 1. The van der Waals surface area contributed by atoms with Crippen molar-refractivity contribution in [1.82, 2.24) is 10.9 Å². The van der Waals surface area contributed by atoms with Gasteiger partial charge in [0, 0.05) is 11.4 Å². The monoisotopic (exact) mass is 422 g/mol. The number of carbonyl (C=O) groups is 2. The first-order valence-corrected chi connectivity index (χ1v) is 9.65. The molecule has 0 aromatic heterocycles. The average molecular weight is 423 g/mol. The molecule has 0 heterocycles. The van der Waals surface area contributed by atoms with Crippen LogP contribution in [0.3, 0.4) is 0 Å². The van der Waals surface area contributed by atoms with E-state index < -0.39 is 0 Å². The molecule has 0 bridgehead atoms. The molecule has 0 fully saturated rings. The molecule has 0 spiro atoms. The number of thiocarbonyl (C=S) groups is 1. The first-order chi connectivity index (χ1) is 13.5. The Kier molecular flexibility index (Phi) is 8.50. The van der Waals surface area contributed by atoms with Gasteiger partial charge in [-0.2, -0.15) is 0 Å². The summed E-state index contributed by atoms with van der Waals surface area (Å²) >= 11 is 6.18. The maximum atomic E-state index is 12.8. The third kappa shape index (κ3) is 7.80. The van der Waals surface area contributed by atoms with Crippen LogP contribution in [0.5, 0.6) is 5.75 Å². The molecular weight excluding hydrogens is 403 g/mol. The summed E-state index contributed by atoms with van der Waals surface area (Å²) in [5.74, 6) is -0.0241. The van der Waals surface area contributed by atoms with Gasteiger partial charge >= 0.3 is 0 Å². The lowest BCUT2D eigenvalue weighted by Gasteiger charge is -2.11. The lowest BCUT2D eigenvalue weighted by atomic mass is 10.3. The highest BCUT2D eigenvalue weighted by Gasteiger charge is 2.07. The largest absolute Gasteiger partial charge is 0.497 e. The number of amides is 2. The number of benzene rings is 2. The number of hydrogen-bond acceptors (Lipinski definition) is 5. The molecule has 7 nitrogen and oxygen atoms in total. The highest BCUT2D eigenvalue weighted by molar-refractivity contribution is 8.00. The van der Waals surface area contributed by atoms with Crippen molar-refractivity contribution in [1.29, 1.82) is 0 Å². The smallest absolute Gasteiger partial charge is 0.248 e. The molecule has 0 saturated heterocycles. The number of methoxy groups -OCH3 is 1.